The Kier molecular flexibility index (Phi) is 3.83. The third-order valence-electron chi connectivity index (χ3n) is 3.21. The zero-order chi connectivity index (χ0) is 12.6. The lowest BCUT2D eigenvalue weighted by Gasteiger charge is -2.42. The van der Waals surface area contributed by atoms with Crippen molar-refractivity contribution >= 4 is 5.78 Å². The zero-order valence-corrected chi connectivity index (χ0v) is 11.8. The number of ketones is 1. The highest BCUT2D eigenvalue weighted by Gasteiger charge is 2.33. The molecule has 1 rings (SSSR count). The van der Waals surface area contributed by atoms with Gasteiger partial charge in [0.1, 0.15) is 5.78 Å². The van der Waals surface area contributed by atoms with Gasteiger partial charge in [-0.2, -0.15) is 0 Å². The Balaban J connectivity index is 2.65. The molecule has 2 heteroatoms. The molecular weight excluding hydrogens is 198 g/mol. The summed E-state index contributed by atoms with van der Waals surface area (Å²) in [6, 6.07) is 0. The van der Waals surface area contributed by atoms with E-state index >= 15 is 0 Å². The lowest BCUT2D eigenvalue weighted by Crippen LogP contribution is -2.51. The lowest BCUT2D eigenvalue weighted by molar-refractivity contribution is -0.126. The molecule has 0 aliphatic carbocycles. The van der Waals surface area contributed by atoms with E-state index in [4.69, 9.17) is 0 Å². The summed E-state index contributed by atoms with van der Waals surface area (Å²) in [6.07, 6.45) is 1.93. The minimum atomic E-state index is 0.117. The average Bonchev–Trinajstić information content (AvgIpc) is 1.97. The highest BCUT2D eigenvalue weighted by Crippen LogP contribution is 2.31. The van der Waals surface area contributed by atoms with E-state index in [1.165, 1.54) is 0 Å². The number of carbonyl (C=O) groups is 1. The Morgan fingerprint density at radius 1 is 1.19 bits per heavy atom. The molecule has 1 aliphatic rings. The normalized spacial score (nSPS) is 24.9. The Labute approximate surface area is 100 Å². The van der Waals surface area contributed by atoms with Crippen molar-refractivity contribution in [2.75, 3.05) is 13.1 Å². The van der Waals surface area contributed by atoms with Crippen LogP contribution in [0.5, 0.6) is 0 Å². The number of Topliss-reactive ketones (excluding diaryl/α,β-unsaturated/α-hetero) is 1. The summed E-state index contributed by atoms with van der Waals surface area (Å²) in [5, 5.41) is 0. The molecule has 0 bridgehead atoms. The van der Waals surface area contributed by atoms with E-state index in [2.05, 4.69) is 46.4 Å². The first-order valence-corrected chi connectivity index (χ1v) is 6.35. The molecule has 0 N–H and O–H groups in total. The first kappa shape index (κ1) is 13.7. The van der Waals surface area contributed by atoms with Crippen LogP contribution in [0.1, 0.15) is 54.4 Å². The smallest absolute Gasteiger partial charge is 0.147 e. The van der Waals surface area contributed by atoms with E-state index in [9.17, 15) is 4.79 Å². The second-order valence-corrected chi connectivity index (χ2v) is 7.42. The molecule has 0 unspecified atom stereocenters. The topological polar surface area (TPSA) is 20.3 Å². The molecule has 1 aliphatic heterocycles. The predicted molar refractivity (Wildman–Crippen MR) is 68.5 cm³/mol. The van der Waals surface area contributed by atoms with Crippen molar-refractivity contribution < 1.29 is 4.79 Å². The zero-order valence-electron chi connectivity index (χ0n) is 11.8. The third kappa shape index (κ3) is 4.25. The minimum absolute atomic E-state index is 0.117. The molecule has 0 spiro atoms. The van der Waals surface area contributed by atoms with Crippen LogP contribution in [0.4, 0.5) is 0 Å². The number of hydrogen-bond acceptors (Lipinski definition) is 2. The number of carbonyl (C=O) groups excluding carboxylic acids is 1. The fourth-order valence-corrected chi connectivity index (χ4v) is 2.55. The van der Waals surface area contributed by atoms with Crippen molar-refractivity contribution in [2.45, 2.75) is 59.9 Å². The SMILES string of the molecule is CC(C)(C)C[C@@H]1CC(=O)CN(C(C)(C)C)C1. The van der Waals surface area contributed by atoms with E-state index in [0.717, 1.165) is 19.4 Å². The number of nitrogens with zero attached hydrogens (tertiary/aromatic N) is 1. The fourth-order valence-electron chi connectivity index (χ4n) is 2.55. The molecule has 0 aromatic carbocycles. The molecule has 1 fully saturated rings. The molecule has 16 heavy (non-hydrogen) atoms. The van der Waals surface area contributed by atoms with Gasteiger partial charge in [0.25, 0.3) is 0 Å². The first-order valence-electron chi connectivity index (χ1n) is 6.35. The second-order valence-electron chi connectivity index (χ2n) is 7.42. The summed E-state index contributed by atoms with van der Waals surface area (Å²) in [5.41, 5.74) is 0.443. The van der Waals surface area contributed by atoms with Gasteiger partial charge in [-0.05, 0) is 38.5 Å². The standard InChI is InChI=1S/C14H27NO/c1-13(2,3)8-11-7-12(16)10-15(9-11)14(4,5)6/h11H,7-10H2,1-6H3/t11-/m0/s1. The van der Waals surface area contributed by atoms with Gasteiger partial charge in [0.15, 0.2) is 0 Å². The monoisotopic (exact) mass is 225 g/mol. The Morgan fingerprint density at radius 2 is 1.75 bits per heavy atom. The van der Waals surface area contributed by atoms with Crippen molar-refractivity contribution in [1.82, 2.24) is 4.90 Å². The maximum atomic E-state index is 11.8. The van der Waals surface area contributed by atoms with Crippen molar-refractivity contribution in [3.05, 3.63) is 0 Å². The van der Waals surface area contributed by atoms with Crippen LogP contribution in [0.25, 0.3) is 0 Å². The second kappa shape index (κ2) is 4.48. The number of rotatable bonds is 1. The van der Waals surface area contributed by atoms with Gasteiger partial charge < -0.3 is 0 Å². The van der Waals surface area contributed by atoms with Gasteiger partial charge in [0.05, 0.1) is 6.54 Å². The maximum Gasteiger partial charge on any atom is 0.147 e. The van der Waals surface area contributed by atoms with Gasteiger partial charge in [0, 0.05) is 18.5 Å². The van der Waals surface area contributed by atoms with Crippen LogP contribution in [0.3, 0.4) is 0 Å². The Hall–Kier alpha value is -0.370. The lowest BCUT2D eigenvalue weighted by atomic mass is 9.80. The summed E-state index contributed by atoms with van der Waals surface area (Å²) >= 11 is 0. The quantitative estimate of drug-likeness (QED) is 0.683. The molecule has 1 saturated heterocycles. The van der Waals surface area contributed by atoms with Gasteiger partial charge in [-0.3, -0.25) is 9.69 Å². The summed E-state index contributed by atoms with van der Waals surface area (Å²) < 4.78 is 0. The summed E-state index contributed by atoms with van der Waals surface area (Å²) in [4.78, 5) is 14.1. The van der Waals surface area contributed by atoms with E-state index in [1.807, 2.05) is 0 Å². The molecule has 0 amide bonds. The van der Waals surface area contributed by atoms with E-state index in [1.54, 1.807) is 0 Å². The molecule has 0 saturated carbocycles. The van der Waals surface area contributed by atoms with Gasteiger partial charge in [-0.15, -0.1) is 0 Å². The van der Waals surface area contributed by atoms with E-state index < -0.39 is 0 Å². The van der Waals surface area contributed by atoms with Crippen molar-refractivity contribution in [3.8, 4) is 0 Å². The van der Waals surface area contributed by atoms with Crippen molar-refractivity contribution in [1.29, 1.82) is 0 Å². The van der Waals surface area contributed by atoms with Gasteiger partial charge in [-0.25, -0.2) is 0 Å². The number of piperidine rings is 1. The highest BCUT2D eigenvalue weighted by atomic mass is 16.1. The summed E-state index contributed by atoms with van der Waals surface area (Å²) in [7, 11) is 0. The van der Waals surface area contributed by atoms with Crippen LogP contribution in [0.15, 0.2) is 0 Å². The van der Waals surface area contributed by atoms with E-state index in [0.29, 0.717) is 23.7 Å². The molecule has 1 heterocycles. The molecule has 2 nitrogen and oxygen atoms in total. The molecule has 1 atom stereocenters. The van der Waals surface area contributed by atoms with Gasteiger partial charge in [-0.1, -0.05) is 20.8 Å². The van der Waals surface area contributed by atoms with Crippen LogP contribution in [-0.4, -0.2) is 29.3 Å². The highest BCUT2D eigenvalue weighted by molar-refractivity contribution is 5.81. The van der Waals surface area contributed by atoms with Gasteiger partial charge in [0.2, 0.25) is 0 Å². The fraction of sp³-hybridized carbons (Fsp3) is 0.929. The van der Waals surface area contributed by atoms with Crippen molar-refractivity contribution in [2.24, 2.45) is 11.3 Å². The molecule has 0 radical (unpaired) electrons. The summed E-state index contributed by atoms with van der Waals surface area (Å²) in [5.74, 6) is 0.955. The number of likely N-dealkylation sites (tertiary alicyclic amines) is 1. The molecule has 0 aromatic rings. The average molecular weight is 225 g/mol. The predicted octanol–water partition coefficient (Wildman–Crippen LogP) is 3.11. The van der Waals surface area contributed by atoms with Crippen LogP contribution < -0.4 is 0 Å². The van der Waals surface area contributed by atoms with Crippen LogP contribution in [-0.2, 0) is 4.79 Å². The maximum absolute atomic E-state index is 11.8. The van der Waals surface area contributed by atoms with E-state index in [-0.39, 0.29) is 5.54 Å². The van der Waals surface area contributed by atoms with Crippen LogP contribution in [0.2, 0.25) is 0 Å². The number of hydrogen-bond donors (Lipinski definition) is 0. The Morgan fingerprint density at radius 3 is 2.19 bits per heavy atom. The van der Waals surface area contributed by atoms with Crippen LogP contribution in [0, 0.1) is 11.3 Å². The molecular formula is C14H27NO. The largest absolute Gasteiger partial charge is 0.298 e. The van der Waals surface area contributed by atoms with Gasteiger partial charge >= 0.3 is 0 Å². The minimum Gasteiger partial charge on any atom is -0.298 e. The first-order chi connectivity index (χ1) is 7.08. The van der Waals surface area contributed by atoms with Crippen LogP contribution >= 0.6 is 0 Å². The van der Waals surface area contributed by atoms with Crippen molar-refractivity contribution in [3.63, 3.8) is 0 Å². The summed E-state index contributed by atoms with van der Waals surface area (Å²) in [6.45, 7) is 15.1. The third-order valence-corrected chi connectivity index (χ3v) is 3.21. The molecule has 0 aromatic heterocycles. The Bertz CT molecular complexity index is 257. The molecule has 94 valence electrons.